The van der Waals surface area contributed by atoms with Crippen molar-refractivity contribution in [2.75, 3.05) is 0 Å². The second-order valence-electron chi connectivity index (χ2n) is 5.71. The van der Waals surface area contributed by atoms with Crippen molar-refractivity contribution in [3.05, 3.63) is 91.8 Å². The lowest BCUT2D eigenvalue weighted by Gasteiger charge is -2.12. The van der Waals surface area contributed by atoms with Gasteiger partial charge in [0.1, 0.15) is 17.4 Å². The van der Waals surface area contributed by atoms with Crippen LogP contribution in [0.1, 0.15) is 27.0 Å². The van der Waals surface area contributed by atoms with Crippen LogP contribution in [0.3, 0.4) is 0 Å². The maximum Gasteiger partial charge on any atom is 0.273 e. The van der Waals surface area contributed by atoms with Gasteiger partial charge in [0.25, 0.3) is 5.56 Å². The van der Waals surface area contributed by atoms with Crippen LogP contribution in [-0.4, -0.2) is 15.5 Å². The number of nitriles is 1. The van der Waals surface area contributed by atoms with Gasteiger partial charge in [-0.2, -0.15) is 5.26 Å². The van der Waals surface area contributed by atoms with Gasteiger partial charge in [-0.05, 0) is 42.8 Å². The fourth-order valence-corrected chi connectivity index (χ4v) is 3.01. The van der Waals surface area contributed by atoms with Crippen molar-refractivity contribution in [1.29, 1.82) is 5.26 Å². The van der Waals surface area contributed by atoms with E-state index in [1.165, 1.54) is 29.0 Å². The van der Waals surface area contributed by atoms with E-state index in [0.717, 1.165) is 5.56 Å². The number of aryl methyl sites for hydroxylation is 1. The van der Waals surface area contributed by atoms with Crippen molar-refractivity contribution in [2.24, 2.45) is 0 Å². The molecule has 2 aromatic carbocycles. The van der Waals surface area contributed by atoms with Crippen molar-refractivity contribution >= 4 is 21.7 Å². The molecule has 5 nitrogen and oxygen atoms in total. The van der Waals surface area contributed by atoms with E-state index in [2.05, 4.69) is 15.9 Å². The minimum absolute atomic E-state index is 0.0817. The third kappa shape index (κ3) is 3.17. The molecule has 0 saturated carbocycles. The highest BCUT2D eigenvalue weighted by molar-refractivity contribution is 9.10. The van der Waals surface area contributed by atoms with Gasteiger partial charge in [0.15, 0.2) is 5.78 Å². The Bertz CT molecular complexity index is 1130. The lowest BCUT2D eigenvalue weighted by atomic mass is 10.0. The third-order valence-corrected chi connectivity index (χ3v) is 4.47. The number of halogens is 1. The smallest absolute Gasteiger partial charge is 0.273 e. The Morgan fingerprint density at radius 1 is 1.19 bits per heavy atom. The Balaban J connectivity index is 2.24. The number of hydrogen-bond acceptors (Lipinski definition) is 4. The van der Waals surface area contributed by atoms with E-state index in [9.17, 15) is 20.0 Å². The molecule has 1 heterocycles. The van der Waals surface area contributed by atoms with Crippen molar-refractivity contribution in [2.45, 2.75) is 6.92 Å². The molecule has 6 heteroatoms. The molecule has 3 aromatic rings. The molecule has 26 heavy (non-hydrogen) atoms. The SMILES string of the molecule is Cc1ccccc1-n1cc(C(=O)c2cc(Br)ccc2O)cc(C#N)c1=O. The Labute approximate surface area is 157 Å². The van der Waals surface area contributed by atoms with E-state index < -0.39 is 11.3 Å². The molecule has 0 aliphatic carbocycles. The summed E-state index contributed by atoms with van der Waals surface area (Å²) < 4.78 is 1.92. The predicted molar refractivity (Wildman–Crippen MR) is 101 cm³/mol. The number of phenolic OH excluding ortho intramolecular Hbond substituents is 1. The van der Waals surface area contributed by atoms with Crippen LogP contribution in [0.15, 0.2) is 64.0 Å². The summed E-state index contributed by atoms with van der Waals surface area (Å²) in [5.41, 5.74) is 0.983. The molecule has 3 rings (SSSR count). The quantitative estimate of drug-likeness (QED) is 0.669. The minimum atomic E-state index is -0.503. The van der Waals surface area contributed by atoms with Gasteiger partial charge in [0.2, 0.25) is 0 Å². The molecular formula is C20H13BrN2O3. The number of rotatable bonds is 3. The van der Waals surface area contributed by atoms with E-state index in [1.807, 2.05) is 25.1 Å². The molecule has 1 N–H and O–H groups in total. The highest BCUT2D eigenvalue weighted by Gasteiger charge is 2.18. The monoisotopic (exact) mass is 408 g/mol. The third-order valence-electron chi connectivity index (χ3n) is 3.98. The lowest BCUT2D eigenvalue weighted by Crippen LogP contribution is -2.23. The van der Waals surface area contributed by atoms with Gasteiger partial charge in [-0.15, -0.1) is 0 Å². The summed E-state index contributed by atoms with van der Waals surface area (Å²) in [7, 11) is 0. The van der Waals surface area contributed by atoms with Gasteiger partial charge in [-0.1, -0.05) is 34.1 Å². The summed E-state index contributed by atoms with van der Waals surface area (Å²) in [6, 6.07) is 14.8. The zero-order valence-electron chi connectivity index (χ0n) is 13.7. The van der Waals surface area contributed by atoms with E-state index in [4.69, 9.17) is 0 Å². The number of carbonyl (C=O) groups is 1. The van der Waals surface area contributed by atoms with E-state index in [1.54, 1.807) is 18.2 Å². The number of aromatic hydroxyl groups is 1. The summed E-state index contributed by atoms with van der Waals surface area (Å²) in [6.07, 6.45) is 1.40. The first-order chi connectivity index (χ1) is 12.4. The molecule has 0 saturated heterocycles. The highest BCUT2D eigenvalue weighted by atomic mass is 79.9. The second-order valence-corrected chi connectivity index (χ2v) is 6.62. The zero-order valence-corrected chi connectivity index (χ0v) is 15.3. The maximum absolute atomic E-state index is 12.9. The summed E-state index contributed by atoms with van der Waals surface area (Å²) in [5.74, 6) is -0.659. The van der Waals surface area contributed by atoms with Crippen molar-refractivity contribution < 1.29 is 9.90 Å². The number of benzene rings is 2. The molecule has 0 radical (unpaired) electrons. The molecule has 0 atom stereocenters. The topological polar surface area (TPSA) is 83.1 Å². The molecule has 0 aliphatic heterocycles. The average Bonchev–Trinajstić information content (AvgIpc) is 2.64. The van der Waals surface area contributed by atoms with Crippen LogP contribution in [0, 0.1) is 18.3 Å². The number of hydrogen-bond donors (Lipinski definition) is 1. The maximum atomic E-state index is 12.9. The van der Waals surface area contributed by atoms with Crippen LogP contribution >= 0.6 is 15.9 Å². The first kappa shape index (κ1) is 17.6. The van der Waals surface area contributed by atoms with Gasteiger partial charge in [-0.25, -0.2) is 0 Å². The van der Waals surface area contributed by atoms with Crippen LogP contribution in [0.5, 0.6) is 5.75 Å². The summed E-state index contributed by atoms with van der Waals surface area (Å²) >= 11 is 3.27. The first-order valence-corrected chi connectivity index (χ1v) is 8.47. The van der Waals surface area contributed by atoms with Crippen LogP contribution in [0.25, 0.3) is 5.69 Å². The molecule has 0 fully saturated rings. The summed E-state index contributed by atoms with van der Waals surface area (Å²) in [4.78, 5) is 25.4. The number of ketones is 1. The number of carbonyl (C=O) groups excluding carboxylic acids is 1. The Hall–Kier alpha value is -3.17. The highest BCUT2D eigenvalue weighted by Crippen LogP contribution is 2.25. The zero-order chi connectivity index (χ0) is 18.8. The van der Waals surface area contributed by atoms with Gasteiger partial charge in [0, 0.05) is 16.2 Å². The van der Waals surface area contributed by atoms with Crippen LogP contribution in [0.2, 0.25) is 0 Å². The Morgan fingerprint density at radius 2 is 1.92 bits per heavy atom. The molecule has 0 amide bonds. The molecule has 1 aromatic heterocycles. The molecule has 0 bridgehead atoms. The van der Waals surface area contributed by atoms with Crippen LogP contribution < -0.4 is 5.56 Å². The van der Waals surface area contributed by atoms with Crippen LogP contribution in [0.4, 0.5) is 0 Å². The number of pyridine rings is 1. The average molecular weight is 409 g/mol. The largest absolute Gasteiger partial charge is 0.507 e. The molecular weight excluding hydrogens is 396 g/mol. The normalized spacial score (nSPS) is 10.3. The lowest BCUT2D eigenvalue weighted by molar-refractivity contribution is 0.103. The van der Waals surface area contributed by atoms with E-state index in [-0.39, 0.29) is 22.4 Å². The number of aromatic nitrogens is 1. The van der Waals surface area contributed by atoms with Crippen LogP contribution in [-0.2, 0) is 0 Å². The predicted octanol–water partition coefficient (Wildman–Crippen LogP) is 3.72. The second kappa shape index (κ2) is 6.98. The Kier molecular flexibility index (Phi) is 4.74. The van der Waals surface area contributed by atoms with E-state index >= 15 is 0 Å². The first-order valence-electron chi connectivity index (χ1n) is 7.68. The summed E-state index contributed by atoms with van der Waals surface area (Å²) in [6.45, 7) is 1.84. The van der Waals surface area contributed by atoms with Crippen molar-refractivity contribution in [3.63, 3.8) is 0 Å². The molecule has 0 aliphatic rings. The number of nitrogens with zero attached hydrogens (tertiary/aromatic N) is 2. The van der Waals surface area contributed by atoms with Gasteiger partial charge >= 0.3 is 0 Å². The van der Waals surface area contributed by atoms with Gasteiger partial charge in [0.05, 0.1) is 11.3 Å². The van der Waals surface area contributed by atoms with Crippen molar-refractivity contribution in [1.82, 2.24) is 4.57 Å². The van der Waals surface area contributed by atoms with Crippen molar-refractivity contribution in [3.8, 4) is 17.5 Å². The van der Waals surface area contributed by atoms with Gasteiger partial charge < -0.3 is 5.11 Å². The number of phenols is 1. The van der Waals surface area contributed by atoms with E-state index in [0.29, 0.717) is 10.2 Å². The standard InChI is InChI=1S/C20H13BrN2O3/c1-12-4-2-3-5-17(12)23-11-14(8-13(10-22)20(23)26)19(25)16-9-15(21)6-7-18(16)24/h2-9,11,24H,1H3. The Morgan fingerprint density at radius 3 is 2.62 bits per heavy atom. The minimum Gasteiger partial charge on any atom is -0.507 e. The molecule has 0 spiro atoms. The summed E-state index contributed by atoms with van der Waals surface area (Å²) in [5, 5.41) is 19.3. The molecule has 128 valence electrons. The van der Waals surface area contributed by atoms with Gasteiger partial charge in [-0.3, -0.25) is 14.2 Å². The fraction of sp³-hybridized carbons (Fsp3) is 0.0500. The number of para-hydroxylation sites is 1. The molecule has 0 unspecified atom stereocenters. The fourth-order valence-electron chi connectivity index (χ4n) is 2.64.